The summed E-state index contributed by atoms with van der Waals surface area (Å²) < 4.78 is 9.13. The Morgan fingerprint density at radius 1 is 1.07 bits per heavy atom. The molecule has 6 nitrogen and oxygen atoms in total. The first-order valence-electron chi connectivity index (χ1n) is 10.1. The largest absolute Gasteiger partial charge is 0.457 e. The van der Waals surface area contributed by atoms with Gasteiger partial charge in [0.05, 0.1) is 20.5 Å². The number of halogens is 1. The minimum Gasteiger partial charge on any atom is -0.457 e. The second-order valence-corrected chi connectivity index (χ2v) is 8.61. The topological polar surface area (TPSA) is 78.0 Å². The van der Waals surface area contributed by atoms with Crippen LogP contribution in [0.3, 0.4) is 0 Å². The Bertz CT molecular complexity index is 1170. The molecule has 2 aromatic heterocycles. The molecule has 4 aromatic rings. The summed E-state index contributed by atoms with van der Waals surface area (Å²) in [7, 11) is 0. The van der Waals surface area contributed by atoms with Crippen LogP contribution in [0.1, 0.15) is 18.9 Å². The number of ether oxygens (including phenoxy) is 1. The van der Waals surface area contributed by atoms with Crippen LogP contribution in [-0.4, -0.2) is 27.9 Å². The quantitative estimate of drug-likeness (QED) is 0.377. The third-order valence-corrected chi connectivity index (χ3v) is 6.22. The zero-order chi connectivity index (χ0) is 20.5. The highest BCUT2D eigenvalue weighted by atomic mass is 127. The van der Waals surface area contributed by atoms with Crippen LogP contribution in [0.2, 0.25) is 0 Å². The molecule has 30 heavy (non-hydrogen) atoms. The lowest BCUT2D eigenvalue weighted by molar-refractivity contribution is 0.355. The van der Waals surface area contributed by atoms with Gasteiger partial charge in [0.2, 0.25) is 0 Å². The van der Waals surface area contributed by atoms with Crippen molar-refractivity contribution in [3.8, 4) is 22.8 Å². The number of anilines is 1. The zero-order valence-electron chi connectivity index (χ0n) is 16.4. The number of fused-ring (bicyclic) bond motifs is 1. The van der Waals surface area contributed by atoms with E-state index < -0.39 is 0 Å². The molecule has 2 aromatic carbocycles. The van der Waals surface area contributed by atoms with Crippen molar-refractivity contribution in [2.75, 3.05) is 18.8 Å². The van der Waals surface area contributed by atoms with Gasteiger partial charge >= 0.3 is 0 Å². The number of benzene rings is 2. The second kappa shape index (κ2) is 8.23. The van der Waals surface area contributed by atoms with Gasteiger partial charge in [-0.25, -0.2) is 4.98 Å². The molecule has 1 atom stereocenters. The molecule has 1 saturated heterocycles. The summed E-state index contributed by atoms with van der Waals surface area (Å²) in [6.45, 7) is 1.98. The van der Waals surface area contributed by atoms with Gasteiger partial charge in [-0.2, -0.15) is 5.10 Å². The summed E-state index contributed by atoms with van der Waals surface area (Å²) >= 11 is 2.33. The number of hydrogen-bond donors (Lipinski definition) is 2. The van der Waals surface area contributed by atoms with Crippen molar-refractivity contribution in [1.82, 2.24) is 20.1 Å². The number of nitrogens with one attached hydrogen (secondary N) is 1. The van der Waals surface area contributed by atoms with Gasteiger partial charge in [0.25, 0.3) is 0 Å². The minimum absolute atomic E-state index is 0.311. The molecular weight excluding hydrogens is 489 g/mol. The van der Waals surface area contributed by atoms with Gasteiger partial charge < -0.3 is 15.8 Å². The first-order chi connectivity index (χ1) is 14.7. The fraction of sp³-hybridized carbons (Fsp3) is 0.217. The fourth-order valence-electron chi connectivity index (χ4n) is 3.97. The van der Waals surface area contributed by atoms with E-state index in [2.05, 4.69) is 37.6 Å². The molecule has 0 saturated carbocycles. The van der Waals surface area contributed by atoms with E-state index in [0.29, 0.717) is 11.9 Å². The van der Waals surface area contributed by atoms with Crippen molar-refractivity contribution in [3.05, 3.63) is 64.4 Å². The maximum atomic E-state index is 6.33. The van der Waals surface area contributed by atoms with Gasteiger partial charge in [-0.1, -0.05) is 18.2 Å². The van der Waals surface area contributed by atoms with E-state index in [4.69, 9.17) is 15.6 Å². The predicted molar refractivity (Wildman–Crippen MR) is 128 cm³/mol. The molecular formula is C23H22IN5O. The first kappa shape index (κ1) is 19.3. The number of aromatic nitrogens is 3. The average Bonchev–Trinajstić information content (AvgIpc) is 3.20. The number of hydrogen-bond acceptors (Lipinski definition) is 5. The number of nitrogen functional groups attached to an aromatic ring is 1. The molecule has 0 aliphatic carbocycles. The molecule has 3 N–H and O–H groups in total. The molecule has 1 fully saturated rings. The zero-order valence-corrected chi connectivity index (χ0v) is 18.5. The van der Waals surface area contributed by atoms with Gasteiger partial charge in [0.15, 0.2) is 0 Å². The van der Waals surface area contributed by atoms with Crippen LogP contribution >= 0.6 is 22.6 Å². The van der Waals surface area contributed by atoms with Crippen LogP contribution in [0.4, 0.5) is 5.82 Å². The molecule has 5 rings (SSSR count). The average molecular weight is 511 g/mol. The lowest BCUT2D eigenvalue weighted by Crippen LogP contribution is -2.32. The van der Waals surface area contributed by atoms with Gasteiger partial charge in [-0.15, -0.1) is 0 Å². The highest BCUT2D eigenvalue weighted by molar-refractivity contribution is 14.1. The Balaban J connectivity index is 1.56. The maximum absolute atomic E-state index is 6.33. The van der Waals surface area contributed by atoms with Gasteiger partial charge in [-0.3, -0.25) is 4.68 Å². The van der Waals surface area contributed by atoms with Crippen molar-refractivity contribution in [2.45, 2.75) is 18.9 Å². The SMILES string of the molecule is Nc1ncc(I)c2c1c(-c1ccc(Oc3ccccc3)cc1)nn2C1CCCNC1. The number of rotatable bonds is 4. The molecule has 0 amide bonds. The van der Waals surface area contributed by atoms with Crippen molar-refractivity contribution in [3.63, 3.8) is 0 Å². The molecule has 152 valence electrons. The van der Waals surface area contributed by atoms with E-state index in [-0.39, 0.29) is 0 Å². The molecule has 7 heteroatoms. The van der Waals surface area contributed by atoms with Crippen LogP contribution in [0.15, 0.2) is 60.8 Å². The van der Waals surface area contributed by atoms with Gasteiger partial charge in [0, 0.05) is 18.3 Å². The summed E-state index contributed by atoms with van der Waals surface area (Å²) in [5.41, 5.74) is 9.26. The summed E-state index contributed by atoms with van der Waals surface area (Å²) in [4.78, 5) is 4.40. The minimum atomic E-state index is 0.311. The van der Waals surface area contributed by atoms with Crippen LogP contribution in [0.25, 0.3) is 22.2 Å². The third kappa shape index (κ3) is 3.63. The van der Waals surface area contributed by atoms with E-state index in [1.807, 2.05) is 60.8 Å². The lowest BCUT2D eigenvalue weighted by Gasteiger charge is -2.24. The van der Waals surface area contributed by atoms with Crippen LogP contribution < -0.4 is 15.8 Å². The Morgan fingerprint density at radius 2 is 1.83 bits per heavy atom. The highest BCUT2D eigenvalue weighted by Gasteiger charge is 2.24. The molecule has 0 bridgehead atoms. The van der Waals surface area contributed by atoms with Crippen molar-refractivity contribution >= 4 is 39.3 Å². The van der Waals surface area contributed by atoms with E-state index in [9.17, 15) is 0 Å². The van der Waals surface area contributed by atoms with Crippen molar-refractivity contribution in [1.29, 1.82) is 0 Å². The van der Waals surface area contributed by atoms with Crippen LogP contribution in [0.5, 0.6) is 11.5 Å². The van der Waals surface area contributed by atoms with Gasteiger partial charge in [0.1, 0.15) is 23.0 Å². The van der Waals surface area contributed by atoms with Crippen LogP contribution in [0, 0.1) is 3.57 Å². The third-order valence-electron chi connectivity index (χ3n) is 5.43. The van der Waals surface area contributed by atoms with Crippen LogP contribution in [-0.2, 0) is 0 Å². The number of piperidine rings is 1. The number of nitrogens with two attached hydrogens (primary N) is 1. The predicted octanol–water partition coefficient (Wildman–Crippen LogP) is 5.00. The molecule has 1 aliphatic rings. The summed E-state index contributed by atoms with van der Waals surface area (Å²) in [6.07, 6.45) is 4.07. The number of pyridine rings is 1. The maximum Gasteiger partial charge on any atom is 0.135 e. The van der Waals surface area contributed by atoms with E-state index in [1.165, 1.54) is 0 Å². The second-order valence-electron chi connectivity index (χ2n) is 7.45. The summed E-state index contributed by atoms with van der Waals surface area (Å²) in [6, 6.07) is 18.1. The standard InChI is InChI=1S/C23H22IN5O/c24-19-14-27-23(25)20-21(28-29(22(19)20)16-5-4-12-26-13-16)15-8-10-18(11-9-15)30-17-6-2-1-3-7-17/h1-3,6-11,14,16,26H,4-5,12-13H2,(H2,25,27). The normalized spacial score (nSPS) is 16.6. The van der Waals surface area contributed by atoms with Crippen molar-refractivity contribution < 1.29 is 4.74 Å². The molecule has 3 heterocycles. The fourth-order valence-corrected chi connectivity index (χ4v) is 4.63. The smallest absolute Gasteiger partial charge is 0.135 e. The Hall–Kier alpha value is -2.65. The monoisotopic (exact) mass is 511 g/mol. The lowest BCUT2D eigenvalue weighted by atomic mass is 10.1. The Labute approximate surface area is 188 Å². The molecule has 1 aliphatic heterocycles. The van der Waals surface area contributed by atoms with E-state index >= 15 is 0 Å². The first-order valence-corrected chi connectivity index (χ1v) is 11.1. The van der Waals surface area contributed by atoms with Gasteiger partial charge in [-0.05, 0) is 78.4 Å². The number of para-hydroxylation sites is 1. The molecule has 1 unspecified atom stereocenters. The number of nitrogens with zero attached hydrogens (tertiary/aromatic N) is 3. The molecule has 0 radical (unpaired) electrons. The van der Waals surface area contributed by atoms with Crippen molar-refractivity contribution in [2.24, 2.45) is 0 Å². The summed E-state index contributed by atoms with van der Waals surface area (Å²) in [5.74, 6) is 2.11. The molecule has 0 spiro atoms. The van der Waals surface area contributed by atoms with E-state index in [0.717, 1.165) is 63.2 Å². The summed E-state index contributed by atoms with van der Waals surface area (Å²) in [5, 5.41) is 9.44. The highest BCUT2D eigenvalue weighted by Crippen LogP contribution is 2.37. The Kier molecular flexibility index (Phi) is 5.30. The van der Waals surface area contributed by atoms with E-state index in [1.54, 1.807) is 0 Å². The Morgan fingerprint density at radius 3 is 2.57 bits per heavy atom.